The average Bonchev–Trinajstić information content (AvgIpc) is 3.20. The Hall–Kier alpha value is -0.330. The number of rotatable bonds is 6. The predicted molar refractivity (Wildman–Crippen MR) is 86.1 cm³/mol. The molecule has 0 saturated heterocycles. The van der Waals surface area contributed by atoms with Gasteiger partial charge in [0.2, 0.25) is 10.0 Å². The van der Waals surface area contributed by atoms with Crippen molar-refractivity contribution in [2.75, 3.05) is 6.54 Å². The Balaban J connectivity index is 2.47. The SMILES string of the molecule is CC(C)CN(C1CC1)S(=O)(=O)c1ccc(Cl)c(CN)c1Cl. The van der Waals surface area contributed by atoms with Crippen LogP contribution in [-0.2, 0) is 16.6 Å². The molecular weight excluding hydrogens is 331 g/mol. The van der Waals surface area contributed by atoms with Crippen molar-refractivity contribution in [1.29, 1.82) is 0 Å². The lowest BCUT2D eigenvalue weighted by Gasteiger charge is -2.24. The molecule has 7 heteroatoms. The number of hydrogen-bond acceptors (Lipinski definition) is 3. The van der Waals surface area contributed by atoms with Crippen LogP contribution in [-0.4, -0.2) is 25.3 Å². The number of benzene rings is 1. The Bertz CT molecular complexity index is 628. The Morgan fingerprint density at radius 3 is 2.43 bits per heavy atom. The van der Waals surface area contributed by atoms with Gasteiger partial charge in [-0.25, -0.2) is 8.42 Å². The summed E-state index contributed by atoms with van der Waals surface area (Å²) in [6.07, 6.45) is 1.81. The Morgan fingerprint density at radius 1 is 1.33 bits per heavy atom. The molecule has 0 aromatic heterocycles. The number of halogens is 2. The second-order valence-electron chi connectivity index (χ2n) is 5.74. The molecule has 2 rings (SSSR count). The van der Waals surface area contributed by atoms with E-state index >= 15 is 0 Å². The quantitative estimate of drug-likeness (QED) is 0.856. The topological polar surface area (TPSA) is 63.4 Å². The molecule has 0 spiro atoms. The lowest BCUT2D eigenvalue weighted by Crippen LogP contribution is -2.36. The highest BCUT2D eigenvalue weighted by molar-refractivity contribution is 7.89. The van der Waals surface area contributed by atoms with E-state index in [0.717, 1.165) is 12.8 Å². The minimum Gasteiger partial charge on any atom is -0.326 e. The van der Waals surface area contributed by atoms with Gasteiger partial charge in [-0.05, 0) is 30.9 Å². The zero-order valence-electron chi connectivity index (χ0n) is 12.1. The molecule has 21 heavy (non-hydrogen) atoms. The van der Waals surface area contributed by atoms with Crippen LogP contribution in [0.15, 0.2) is 17.0 Å². The molecule has 1 aromatic rings. The Labute approximate surface area is 136 Å². The monoisotopic (exact) mass is 350 g/mol. The van der Waals surface area contributed by atoms with Crippen LogP contribution in [0, 0.1) is 5.92 Å². The van der Waals surface area contributed by atoms with E-state index in [1.807, 2.05) is 13.8 Å². The standard InChI is InChI=1S/C14H20Cl2N2O2S/c1-9(2)8-18(10-3-4-10)21(19,20)13-6-5-12(15)11(7-17)14(13)16/h5-6,9-10H,3-4,7-8,17H2,1-2H3. The van der Waals surface area contributed by atoms with Gasteiger partial charge in [-0.1, -0.05) is 37.0 Å². The van der Waals surface area contributed by atoms with E-state index in [0.29, 0.717) is 17.1 Å². The van der Waals surface area contributed by atoms with Crippen molar-refractivity contribution in [3.63, 3.8) is 0 Å². The zero-order valence-corrected chi connectivity index (χ0v) is 14.5. The van der Waals surface area contributed by atoms with E-state index in [2.05, 4.69) is 0 Å². The summed E-state index contributed by atoms with van der Waals surface area (Å²) in [5, 5.41) is 0.530. The van der Waals surface area contributed by atoms with Crippen molar-refractivity contribution in [2.24, 2.45) is 11.7 Å². The number of hydrogen-bond donors (Lipinski definition) is 1. The molecular formula is C14H20Cl2N2O2S. The summed E-state index contributed by atoms with van der Waals surface area (Å²) >= 11 is 12.3. The molecule has 0 atom stereocenters. The fraction of sp³-hybridized carbons (Fsp3) is 0.571. The summed E-state index contributed by atoms with van der Waals surface area (Å²) in [6.45, 7) is 4.60. The van der Waals surface area contributed by atoms with Crippen molar-refractivity contribution < 1.29 is 8.42 Å². The van der Waals surface area contributed by atoms with Gasteiger partial charge in [-0.15, -0.1) is 0 Å². The lowest BCUT2D eigenvalue weighted by atomic mass is 10.2. The normalized spacial score (nSPS) is 16.0. The van der Waals surface area contributed by atoms with Crippen LogP contribution < -0.4 is 5.73 Å². The van der Waals surface area contributed by atoms with E-state index in [4.69, 9.17) is 28.9 Å². The summed E-state index contributed by atoms with van der Waals surface area (Å²) in [6, 6.07) is 3.10. The third kappa shape index (κ3) is 3.54. The number of nitrogens with zero attached hydrogens (tertiary/aromatic N) is 1. The largest absolute Gasteiger partial charge is 0.326 e. The predicted octanol–water partition coefficient (Wildman–Crippen LogP) is 3.26. The smallest absolute Gasteiger partial charge is 0.244 e. The summed E-state index contributed by atoms with van der Waals surface area (Å²) in [7, 11) is -3.63. The minimum absolute atomic E-state index is 0.0884. The maximum Gasteiger partial charge on any atom is 0.244 e. The molecule has 0 aliphatic heterocycles. The van der Waals surface area contributed by atoms with Crippen LogP contribution in [0.25, 0.3) is 0 Å². The first-order chi connectivity index (χ1) is 9.78. The van der Waals surface area contributed by atoms with Gasteiger partial charge in [0.05, 0.1) is 5.02 Å². The van der Waals surface area contributed by atoms with E-state index in [1.54, 1.807) is 10.4 Å². The van der Waals surface area contributed by atoms with Gasteiger partial charge >= 0.3 is 0 Å². The van der Waals surface area contributed by atoms with Gasteiger partial charge in [0.15, 0.2) is 0 Å². The van der Waals surface area contributed by atoms with Crippen molar-refractivity contribution in [1.82, 2.24) is 4.31 Å². The lowest BCUT2D eigenvalue weighted by molar-refractivity contribution is 0.360. The molecule has 4 nitrogen and oxygen atoms in total. The molecule has 2 N–H and O–H groups in total. The van der Waals surface area contributed by atoms with Crippen molar-refractivity contribution in [2.45, 2.75) is 44.2 Å². The van der Waals surface area contributed by atoms with Gasteiger partial charge in [0, 0.05) is 29.7 Å². The first-order valence-electron chi connectivity index (χ1n) is 6.97. The molecule has 118 valence electrons. The molecule has 1 saturated carbocycles. The minimum atomic E-state index is -3.63. The molecule has 0 amide bonds. The number of nitrogens with two attached hydrogens (primary N) is 1. The van der Waals surface area contributed by atoms with Crippen LogP contribution in [0.4, 0.5) is 0 Å². The third-order valence-electron chi connectivity index (χ3n) is 3.44. The van der Waals surface area contributed by atoms with Crippen molar-refractivity contribution >= 4 is 33.2 Å². The van der Waals surface area contributed by atoms with Gasteiger partial charge in [-0.2, -0.15) is 4.31 Å². The van der Waals surface area contributed by atoms with Gasteiger partial charge < -0.3 is 5.73 Å². The maximum absolute atomic E-state index is 12.9. The highest BCUT2D eigenvalue weighted by Gasteiger charge is 2.39. The molecule has 0 unspecified atom stereocenters. The van der Waals surface area contributed by atoms with E-state index in [9.17, 15) is 8.42 Å². The van der Waals surface area contributed by atoms with Crippen LogP contribution in [0.2, 0.25) is 10.0 Å². The third-order valence-corrected chi connectivity index (χ3v) is 6.30. The molecule has 0 heterocycles. The van der Waals surface area contributed by atoms with Crippen LogP contribution in [0.1, 0.15) is 32.3 Å². The van der Waals surface area contributed by atoms with Gasteiger partial charge in [0.1, 0.15) is 4.90 Å². The van der Waals surface area contributed by atoms with Gasteiger partial charge in [0.25, 0.3) is 0 Å². The molecule has 1 aliphatic carbocycles. The Kier molecular flexibility index (Phi) is 5.21. The summed E-state index contributed by atoms with van der Waals surface area (Å²) in [5.41, 5.74) is 6.09. The highest BCUT2D eigenvalue weighted by atomic mass is 35.5. The molecule has 0 radical (unpaired) electrons. The molecule has 1 fully saturated rings. The maximum atomic E-state index is 12.9. The summed E-state index contributed by atoms with van der Waals surface area (Å²) < 4.78 is 27.4. The first kappa shape index (κ1) is 17.0. The fourth-order valence-corrected chi connectivity index (χ4v) is 5.01. The molecule has 1 aliphatic rings. The van der Waals surface area contributed by atoms with E-state index in [1.165, 1.54) is 6.07 Å². The van der Waals surface area contributed by atoms with Crippen LogP contribution >= 0.6 is 23.2 Å². The summed E-state index contributed by atoms with van der Waals surface area (Å²) in [5.74, 6) is 0.250. The van der Waals surface area contributed by atoms with Crippen molar-refractivity contribution in [3.05, 3.63) is 27.7 Å². The molecule has 1 aromatic carbocycles. The molecule has 0 bridgehead atoms. The zero-order chi connectivity index (χ0) is 15.8. The van der Waals surface area contributed by atoms with Crippen LogP contribution in [0.5, 0.6) is 0 Å². The fourth-order valence-electron chi connectivity index (χ4n) is 2.25. The summed E-state index contributed by atoms with van der Waals surface area (Å²) in [4.78, 5) is 0.0987. The second-order valence-corrected chi connectivity index (χ2v) is 8.39. The second kappa shape index (κ2) is 6.42. The van der Waals surface area contributed by atoms with Crippen LogP contribution in [0.3, 0.4) is 0 Å². The Morgan fingerprint density at radius 2 is 1.95 bits per heavy atom. The van der Waals surface area contributed by atoms with E-state index in [-0.39, 0.29) is 28.4 Å². The highest BCUT2D eigenvalue weighted by Crippen LogP contribution is 2.37. The van der Waals surface area contributed by atoms with Crippen molar-refractivity contribution in [3.8, 4) is 0 Å². The number of sulfonamides is 1. The van der Waals surface area contributed by atoms with Gasteiger partial charge in [-0.3, -0.25) is 0 Å². The average molecular weight is 351 g/mol. The van der Waals surface area contributed by atoms with E-state index < -0.39 is 10.0 Å². The first-order valence-corrected chi connectivity index (χ1v) is 9.17.